The second-order valence-corrected chi connectivity index (χ2v) is 5.20. The van der Waals surface area contributed by atoms with Crippen molar-refractivity contribution in [2.75, 3.05) is 0 Å². The van der Waals surface area contributed by atoms with Crippen LogP contribution in [0.2, 0.25) is 0 Å². The Morgan fingerprint density at radius 2 is 1.82 bits per heavy atom. The van der Waals surface area contributed by atoms with Gasteiger partial charge in [-0.05, 0) is 19.8 Å². The summed E-state index contributed by atoms with van der Waals surface area (Å²) in [7, 11) is 0. The molecule has 0 amide bonds. The van der Waals surface area contributed by atoms with Gasteiger partial charge in [0.2, 0.25) is 0 Å². The summed E-state index contributed by atoms with van der Waals surface area (Å²) in [5.74, 6) is 2.09. The van der Waals surface area contributed by atoms with E-state index >= 15 is 0 Å². The lowest BCUT2D eigenvalue weighted by atomic mass is 10.1. The second kappa shape index (κ2) is 7.52. The topological polar surface area (TPSA) is 8.81 Å². The minimum absolute atomic E-state index is 0.612. The molecular weight excluding hydrogens is 208 g/mol. The molecule has 0 aliphatic heterocycles. The van der Waals surface area contributed by atoms with Crippen LogP contribution < -0.4 is 4.57 Å². The van der Waals surface area contributed by atoms with Crippen molar-refractivity contribution in [2.45, 2.75) is 78.8 Å². The van der Waals surface area contributed by atoms with E-state index in [9.17, 15) is 0 Å². The van der Waals surface area contributed by atoms with Gasteiger partial charge in [-0.2, -0.15) is 0 Å². The van der Waals surface area contributed by atoms with Crippen molar-refractivity contribution in [3.05, 3.63) is 18.2 Å². The fraction of sp³-hybridized carbons (Fsp3) is 0.800. The highest BCUT2D eigenvalue weighted by atomic mass is 15.1. The smallest absolute Gasteiger partial charge is 0.234 e. The van der Waals surface area contributed by atoms with Crippen molar-refractivity contribution in [2.24, 2.45) is 0 Å². The maximum absolute atomic E-state index is 2.44. The molecule has 0 fully saturated rings. The highest BCUT2D eigenvalue weighted by Gasteiger charge is 2.18. The van der Waals surface area contributed by atoms with Crippen LogP contribution in [0.1, 0.15) is 71.5 Å². The third-order valence-electron chi connectivity index (χ3n) is 3.37. The number of unbranched alkanes of at least 4 members (excludes halogenated alkanes) is 4. The van der Waals surface area contributed by atoms with Crippen LogP contribution in [0.25, 0.3) is 0 Å². The summed E-state index contributed by atoms with van der Waals surface area (Å²) in [6, 6.07) is 0. The van der Waals surface area contributed by atoms with Gasteiger partial charge in [0.25, 0.3) is 5.82 Å². The van der Waals surface area contributed by atoms with Gasteiger partial charge >= 0.3 is 0 Å². The first-order valence-corrected chi connectivity index (χ1v) is 7.29. The Balaban J connectivity index is 2.50. The van der Waals surface area contributed by atoms with Crippen LogP contribution in [0.5, 0.6) is 0 Å². The fourth-order valence-electron chi connectivity index (χ4n) is 2.48. The van der Waals surface area contributed by atoms with E-state index < -0.39 is 0 Å². The van der Waals surface area contributed by atoms with Crippen LogP contribution in [-0.4, -0.2) is 4.57 Å². The average molecular weight is 237 g/mol. The van der Waals surface area contributed by atoms with E-state index in [1.165, 1.54) is 44.5 Å². The molecule has 1 aromatic rings. The van der Waals surface area contributed by atoms with Crippen LogP contribution in [0.3, 0.4) is 0 Å². The third kappa shape index (κ3) is 4.18. The molecule has 0 aliphatic rings. The quantitative estimate of drug-likeness (QED) is 0.479. The first-order valence-electron chi connectivity index (χ1n) is 7.29. The van der Waals surface area contributed by atoms with Crippen molar-refractivity contribution in [1.82, 2.24) is 4.57 Å². The van der Waals surface area contributed by atoms with Crippen LogP contribution in [0, 0.1) is 0 Å². The molecule has 0 unspecified atom stereocenters. The molecule has 1 aromatic heterocycles. The number of nitrogens with zero attached hydrogens (tertiary/aromatic N) is 2. The summed E-state index contributed by atoms with van der Waals surface area (Å²) in [5.41, 5.74) is 0. The Morgan fingerprint density at radius 3 is 2.41 bits per heavy atom. The maximum atomic E-state index is 2.44. The number of rotatable bonds is 8. The lowest BCUT2D eigenvalue weighted by Crippen LogP contribution is -2.38. The Hall–Kier alpha value is -0.790. The lowest BCUT2D eigenvalue weighted by Gasteiger charge is -2.06. The van der Waals surface area contributed by atoms with Crippen LogP contribution in [-0.2, 0) is 13.1 Å². The first kappa shape index (κ1) is 14.3. The van der Waals surface area contributed by atoms with Crippen LogP contribution >= 0.6 is 0 Å². The van der Waals surface area contributed by atoms with E-state index in [4.69, 9.17) is 0 Å². The van der Waals surface area contributed by atoms with Crippen molar-refractivity contribution in [3.63, 3.8) is 0 Å². The molecule has 0 N–H and O–H groups in total. The molecule has 2 nitrogen and oxygen atoms in total. The normalized spacial score (nSPS) is 11.4. The highest BCUT2D eigenvalue weighted by Crippen LogP contribution is 2.11. The highest BCUT2D eigenvalue weighted by molar-refractivity contribution is 4.89. The van der Waals surface area contributed by atoms with E-state index in [1.54, 1.807) is 0 Å². The molecule has 0 saturated heterocycles. The van der Waals surface area contributed by atoms with E-state index in [-0.39, 0.29) is 0 Å². The molecule has 2 heteroatoms. The fourth-order valence-corrected chi connectivity index (χ4v) is 2.48. The standard InChI is InChI=1S/C15H29N2/c1-5-7-8-9-10-11-17-13-12-16(6-2)15(17)14(3)4/h12-14H,5-11H2,1-4H3/q+1. The largest absolute Gasteiger partial charge is 0.258 e. The molecule has 1 heterocycles. The van der Waals surface area contributed by atoms with Gasteiger partial charge in [-0.15, -0.1) is 0 Å². The number of aromatic nitrogens is 2. The summed E-state index contributed by atoms with van der Waals surface area (Å²) < 4.78 is 4.82. The summed E-state index contributed by atoms with van der Waals surface area (Å²) in [5, 5.41) is 0. The van der Waals surface area contributed by atoms with Crippen LogP contribution in [0.4, 0.5) is 0 Å². The molecular formula is C15H29N2+. The molecule has 0 spiro atoms. The molecule has 0 aliphatic carbocycles. The first-order chi connectivity index (χ1) is 8.20. The third-order valence-corrected chi connectivity index (χ3v) is 3.37. The van der Waals surface area contributed by atoms with Gasteiger partial charge in [-0.1, -0.05) is 40.0 Å². The maximum Gasteiger partial charge on any atom is 0.258 e. The van der Waals surface area contributed by atoms with E-state index in [0.29, 0.717) is 5.92 Å². The zero-order valence-electron chi connectivity index (χ0n) is 12.1. The molecule has 1 rings (SSSR count). The van der Waals surface area contributed by atoms with Gasteiger partial charge in [-0.3, -0.25) is 0 Å². The Labute approximate surface area is 107 Å². The second-order valence-electron chi connectivity index (χ2n) is 5.20. The lowest BCUT2D eigenvalue weighted by molar-refractivity contribution is -0.705. The van der Waals surface area contributed by atoms with E-state index in [1.807, 2.05) is 0 Å². The van der Waals surface area contributed by atoms with Crippen molar-refractivity contribution in [1.29, 1.82) is 0 Å². The predicted molar refractivity (Wildman–Crippen MR) is 73.1 cm³/mol. The minimum Gasteiger partial charge on any atom is -0.234 e. The van der Waals surface area contributed by atoms with Gasteiger partial charge in [-0.25, -0.2) is 9.13 Å². The Bertz CT molecular complexity index is 313. The molecule has 0 aromatic carbocycles. The van der Waals surface area contributed by atoms with Gasteiger partial charge < -0.3 is 0 Å². The number of hydrogen-bond donors (Lipinski definition) is 0. The van der Waals surface area contributed by atoms with Crippen molar-refractivity contribution >= 4 is 0 Å². The van der Waals surface area contributed by atoms with E-state index in [2.05, 4.69) is 49.2 Å². The number of aryl methyl sites for hydroxylation is 2. The summed E-state index contributed by atoms with van der Waals surface area (Å²) in [4.78, 5) is 0. The zero-order valence-corrected chi connectivity index (χ0v) is 12.1. The molecule has 98 valence electrons. The number of imidazole rings is 1. The SMILES string of the molecule is CCCCCCC[n+]1ccn(CC)c1C(C)C. The predicted octanol–water partition coefficient (Wildman–Crippen LogP) is 3.89. The van der Waals surface area contributed by atoms with E-state index in [0.717, 1.165) is 6.54 Å². The monoisotopic (exact) mass is 237 g/mol. The van der Waals surface area contributed by atoms with Crippen LogP contribution in [0.15, 0.2) is 12.4 Å². The summed E-state index contributed by atoms with van der Waals surface area (Å²) in [6.07, 6.45) is 11.3. The Kier molecular flexibility index (Phi) is 6.31. The minimum atomic E-state index is 0.612. The zero-order chi connectivity index (χ0) is 12.7. The summed E-state index contributed by atoms with van der Waals surface area (Å²) >= 11 is 0. The molecule has 0 atom stereocenters. The Morgan fingerprint density at radius 1 is 1.12 bits per heavy atom. The average Bonchev–Trinajstić information content (AvgIpc) is 2.72. The van der Waals surface area contributed by atoms with Crippen molar-refractivity contribution < 1.29 is 4.57 Å². The van der Waals surface area contributed by atoms with Gasteiger partial charge in [0, 0.05) is 0 Å². The summed E-state index contributed by atoms with van der Waals surface area (Å²) in [6.45, 7) is 11.3. The molecule has 17 heavy (non-hydrogen) atoms. The molecule has 0 bridgehead atoms. The van der Waals surface area contributed by atoms with Gasteiger partial charge in [0.15, 0.2) is 0 Å². The van der Waals surface area contributed by atoms with Crippen molar-refractivity contribution in [3.8, 4) is 0 Å². The molecule has 0 saturated carbocycles. The molecule has 0 radical (unpaired) electrons. The van der Waals surface area contributed by atoms with Gasteiger partial charge in [0.1, 0.15) is 12.4 Å². The number of hydrogen-bond acceptors (Lipinski definition) is 0. The van der Waals surface area contributed by atoms with Gasteiger partial charge in [0.05, 0.1) is 19.0 Å².